The number of aryl methyl sites for hydroxylation is 1. The van der Waals surface area contributed by atoms with Crippen LogP contribution >= 0.6 is 0 Å². The van der Waals surface area contributed by atoms with Gasteiger partial charge in [-0.15, -0.1) is 0 Å². The molecule has 7 nitrogen and oxygen atoms in total. The Kier molecular flexibility index (Phi) is 6.26. The molecule has 1 aromatic heterocycles. The normalized spacial score (nSPS) is 14.6. The quantitative estimate of drug-likeness (QED) is 0.860. The van der Waals surface area contributed by atoms with Crippen molar-refractivity contribution in [2.24, 2.45) is 0 Å². The van der Waals surface area contributed by atoms with Crippen molar-refractivity contribution in [3.63, 3.8) is 0 Å². The van der Waals surface area contributed by atoms with Crippen molar-refractivity contribution in [1.82, 2.24) is 14.8 Å². The zero-order chi connectivity index (χ0) is 20.1. The highest BCUT2D eigenvalue weighted by molar-refractivity contribution is 6.05. The molecule has 1 saturated heterocycles. The number of hydrogen-bond acceptors (Lipinski definition) is 5. The molecule has 2 aromatic rings. The summed E-state index contributed by atoms with van der Waals surface area (Å²) >= 11 is 0. The van der Waals surface area contributed by atoms with Gasteiger partial charge < -0.3 is 19.9 Å². The van der Waals surface area contributed by atoms with Gasteiger partial charge in [0.15, 0.2) is 0 Å². The summed E-state index contributed by atoms with van der Waals surface area (Å²) in [6, 6.07) is 8.74. The Hall–Kier alpha value is -2.93. The predicted octanol–water partition coefficient (Wildman–Crippen LogP) is 2.43. The lowest BCUT2D eigenvalue weighted by Gasteiger charge is -2.34. The first-order valence-corrected chi connectivity index (χ1v) is 9.45. The third kappa shape index (κ3) is 4.48. The number of benzene rings is 1. The largest absolute Gasteiger partial charge is 0.495 e. The summed E-state index contributed by atoms with van der Waals surface area (Å²) in [6.07, 6.45) is 1.50. The van der Waals surface area contributed by atoms with Gasteiger partial charge in [-0.05, 0) is 43.3 Å². The molecule has 1 N–H and O–H groups in total. The van der Waals surface area contributed by atoms with Crippen LogP contribution in [0.2, 0.25) is 0 Å². The number of hydrogen-bond donors (Lipinski definition) is 1. The number of ether oxygens (including phenoxy) is 1. The molecule has 3 rings (SSSR count). The number of anilines is 1. The molecule has 0 saturated carbocycles. The van der Waals surface area contributed by atoms with Crippen LogP contribution in [-0.2, 0) is 0 Å². The standard InChI is InChI=1S/C21H26N4O3/c1-4-24-9-11-25(12-10-24)21(27)16-7-8-22-18(14-16)20(26)23-17-13-15(2)5-6-19(17)28-3/h5-8,13-14H,4,9-12H2,1-3H3,(H,23,26). The highest BCUT2D eigenvalue weighted by Gasteiger charge is 2.22. The lowest BCUT2D eigenvalue weighted by atomic mass is 10.1. The maximum atomic E-state index is 12.8. The van der Waals surface area contributed by atoms with Crippen LogP contribution in [0.4, 0.5) is 5.69 Å². The van der Waals surface area contributed by atoms with E-state index in [1.165, 1.54) is 6.20 Å². The number of likely N-dealkylation sites (N-methyl/N-ethyl adjacent to an activating group) is 1. The SMILES string of the molecule is CCN1CCN(C(=O)c2ccnc(C(=O)Nc3cc(C)ccc3OC)c2)CC1. The van der Waals surface area contributed by atoms with Crippen LogP contribution in [0.25, 0.3) is 0 Å². The van der Waals surface area contributed by atoms with Crippen LogP contribution in [0, 0.1) is 6.92 Å². The zero-order valence-electron chi connectivity index (χ0n) is 16.6. The van der Waals surface area contributed by atoms with Gasteiger partial charge in [0.25, 0.3) is 11.8 Å². The van der Waals surface area contributed by atoms with Gasteiger partial charge in [0.2, 0.25) is 0 Å². The fourth-order valence-corrected chi connectivity index (χ4v) is 3.24. The van der Waals surface area contributed by atoms with Gasteiger partial charge in [0.05, 0.1) is 12.8 Å². The van der Waals surface area contributed by atoms with Crippen molar-refractivity contribution in [2.45, 2.75) is 13.8 Å². The maximum Gasteiger partial charge on any atom is 0.274 e. The molecule has 0 aliphatic carbocycles. The zero-order valence-corrected chi connectivity index (χ0v) is 16.6. The summed E-state index contributed by atoms with van der Waals surface area (Å²) < 4.78 is 5.30. The van der Waals surface area contributed by atoms with Gasteiger partial charge in [-0.1, -0.05) is 13.0 Å². The smallest absolute Gasteiger partial charge is 0.274 e. The lowest BCUT2D eigenvalue weighted by molar-refractivity contribution is 0.0643. The van der Waals surface area contributed by atoms with E-state index >= 15 is 0 Å². The molecule has 2 amide bonds. The van der Waals surface area contributed by atoms with Crippen LogP contribution in [0.15, 0.2) is 36.5 Å². The van der Waals surface area contributed by atoms with E-state index < -0.39 is 0 Å². The minimum Gasteiger partial charge on any atom is -0.495 e. The molecule has 1 aromatic carbocycles. The van der Waals surface area contributed by atoms with Crippen molar-refractivity contribution in [1.29, 1.82) is 0 Å². The number of carbonyl (C=O) groups excluding carboxylic acids is 2. The maximum absolute atomic E-state index is 12.8. The highest BCUT2D eigenvalue weighted by Crippen LogP contribution is 2.25. The molecule has 28 heavy (non-hydrogen) atoms. The van der Waals surface area contributed by atoms with Crippen molar-refractivity contribution in [3.8, 4) is 5.75 Å². The molecule has 0 atom stereocenters. The second kappa shape index (κ2) is 8.84. The summed E-state index contributed by atoms with van der Waals surface area (Å²) in [5, 5.41) is 2.82. The Bertz CT molecular complexity index is 860. The molecular weight excluding hydrogens is 356 g/mol. The number of nitrogens with one attached hydrogen (secondary N) is 1. The molecule has 0 bridgehead atoms. The van der Waals surface area contributed by atoms with Crippen LogP contribution in [0.1, 0.15) is 33.3 Å². The van der Waals surface area contributed by atoms with Crippen molar-refractivity contribution in [3.05, 3.63) is 53.3 Å². The topological polar surface area (TPSA) is 74.8 Å². The molecular formula is C21H26N4O3. The van der Waals surface area contributed by atoms with Gasteiger partial charge >= 0.3 is 0 Å². The second-order valence-electron chi connectivity index (χ2n) is 6.81. The average molecular weight is 382 g/mol. The van der Waals surface area contributed by atoms with Crippen molar-refractivity contribution < 1.29 is 14.3 Å². The lowest BCUT2D eigenvalue weighted by Crippen LogP contribution is -2.48. The Morgan fingerprint density at radius 2 is 1.89 bits per heavy atom. The fraction of sp³-hybridized carbons (Fsp3) is 0.381. The molecule has 148 valence electrons. The Morgan fingerprint density at radius 1 is 1.14 bits per heavy atom. The summed E-state index contributed by atoms with van der Waals surface area (Å²) in [5.74, 6) is 0.120. The number of methoxy groups -OCH3 is 1. The Labute approximate surface area is 165 Å². The number of carbonyl (C=O) groups is 2. The van der Waals surface area contributed by atoms with Gasteiger partial charge in [-0.3, -0.25) is 14.6 Å². The number of piperazine rings is 1. The van der Waals surface area contributed by atoms with E-state index in [-0.39, 0.29) is 17.5 Å². The average Bonchev–Trinajstić information content (AvgIpc) is 2.73. The summed E-state index contributed by atoms with van der Waals surface area (Å²) in [4.78, 5) is 33.7. The number of rotatable bonds is 5. The number of amides is 2. The van der Waals surface area contributed by atoms with Gasteiger partial charge in [-0.2, -0.15) is 0 Å². The second-order valence-corrected chi connectivity index (χ2v) is 6.81. The molecule has 0 spiro atoms. The summed E-state index contributed by atoms with van der Waals surface area (Å²) in [5.41, 5.74) is 2.24. The van der Waals surface area contributed by atoms with E-state index in [9.17, 15) is 9.59 Å². The Balaban J connectivity index is 1.73. The van der Waals surface area contributed by atoms with Gasteiger partial charge in [0, 0.05) is 37.9 Å². The third-order valence-electron chi connectivity index (χ3n) is 4.95. The van der Waals surface area contributed by atoms with Crippen LogP contribution in [-0.4, -0.2) is 66.4 Å². The predicted molar refractivity (Wildman–Crippen MR) is 108 cm³/mol. The molecule has 1 aliphatic heterocycles. The first-order chi connectivity index (χ1) is 13.5. The van der Waals surface area contributed by atoms with Crippen molar-refractivity contribution >= 4 is 17.5 Å². The minimum atomic E-state index is -0.380. The summed E-state index contributed by atoms with van der Waals surface area (Å²) in [7, 11) is 1.55. The summed E-state index contributed by atoms with van der Waals surface area (Å²) in [6.45, 7) is 8.17. The van der Waals surface area contributed by atoms with Crippen LogP contribution in [0.3, 0.4) is 0 Å². The molecule has 7 heteroatoms. The van der Waals surface area contributed by atoms with Crippen LogP contribution < -0.4 is 10.1 Å². The number of aromatic nitrogens is 1. The first-order valence-electron chi connectivity index (χ1n) is 9.45. The van der Waals surface area contributed by atoms with E-state index in [4.69, 9.17) is 4.74 Å². The number of pyridine rings is 1. The highest BCUT2D eigenvalue weighted by atomic mass is 16.5. The van der Waals surface area contributed by atoms with Gasteiger partial charge in [-0.25, -0.2) is 0 Å². The van der Waals surface area contributed by atoms with E-state index in [1.807, 2.05) is 24.0 Å². The minimum absolute atomic E-state index is 0.0691. The monoisotopic (exact) mass is 382 g/mol. The third-order valence-corrected chi connectivity index (χ3v) is 4.95. The van der Waals surface area contributed by atoms with E-state index in [1.54, 1.807) is 25.3 Å². The Morgan fingerprint density at radius 3 is 2.57 bits per heavy atom. The molecule has 2 heterocycles. The van der Waals surface area contributed by atoms with Gasteiger partial charge in [0.1, 0.15) is 11.4 Å². The van der Waals surface area contributed by atoms with E-state index in [0.29, 0.717) is 30.1 Å². The molecule has 1 fully saturated rings. The molecule has 0 radical (unpaired) electrons. The van der Waals surface area contributed by atoms with Crippen molar-refractivity contribution in [2.75, 3.05) is 45.2 Å². The number of nitrogens with zero attached hydrogens (tertiary/aromatic N) is 3. The van der Waals surface area contributed by atoms with E-state index in [2.05, 4.69) is 22.1 Å². The first kappa shape index (κ1) is 19.8. The molecule has 1 aliphatic rings. The van der Waals surface area contributed by atoms with Crippen LogP contribution in [0.5, 0.6) is 5.75 Å². The fourth-order valence-electron chi connectivity index (χ4n) is 3.24. The molecule has 0 unspecified atom stereocenters. The van der Waals surface area contributed by atoms with E-state index in [0.717, 1.165) is 25.2 Å².